The summed E-state index contributed by atoms with van der Waals surface area (Å²) in [5, 5.41) is 6.63. The van der Waals surface area contributed by atoms with Crippen molar-refractivity contribution >= 4 is 28.2 Å². The molecule has 5 nitrogen and oxygen atoms in total. The van der Waals surface area contributed by atoms with Crippen LogP contribution in [-0.2, 0) is 0 Å². The van der Waals surface area contributed by atoms with Crippen molar-refractivity contribution in [3.63, 3.8) is 0 Å². The first-order valence-corrected chi connectivity index (χ1v) is 7.16. The van der Waals surface area contributed by atoms with Gasteiger partial charge < -0.3 is 16.4 Å². The number of hydrogen-bond donors (Lipinski definition) is 3. The number of nitrogens with two attached hydrogens (primary N) is 1. The summed E-state index contributed by atoms with van der Waals surface area (Å²) in [5.74, 6) is 1.000. The van der Waals surface area contributed by atoms with Gasteiger partial charge in [0.25, 0.3) is 5.91 Å². The standard InChI is InChI=1S/C12H20N4OS/c1-7-3-5-8(6-4-7)15-11(17)9-10(13)16-12(14-2)18-9/h7-8H,3-6,13H2,1-2H3,(H,14,16)(H,15,17). The van der Waals surface area contributed by atoms with Crippen molar-refractivity contribution in [2.75, 3.05) is 18.1 Å². The molecule has 1 fully saturated rings. The SMILES string of the molecule is CNc1nc(N)c(C(=O)NC2CCC(C)CC2)s1. The Balaban J connectivity index is 1.96. The molecule has 100 valence electrons. The van der Waals surface area contributed by atoms with E-state index in [2.05, 4.69) is 22.5 Å². The molecule has 2 rings (SSSR count). The first-order valence-electron chi connectivity index (χ1n) is 6.35. The maximum absolute atomic E-state index is 12.1. The predicted octanol–water partition coefficient (Wildman–Crippen LogP) is 2.08. The van der Waals surface area contributed by atoms with Gasteiger partial charge in [0.2, 0.25) is 0 Å². The molecule has 0 spiro atoms. The Hall–Kier alpha value is -1.30. The molecule has 0 atom stereocenters. The highest BCUT2D eigenvalue weighted by Gasteiger charge is 2.22. The fourth-order valence-electron chi connectivity index (χ4n) is 2.26. The molecule has 0 saturated heterocycles. The van der Waals surface area contributed by atoms with Gasteiger partial charge in [-0.1, -0.05) is 18.3 Å². The number of aromatic nitrogens is 1. The second kappa shape index (κ2) is 5.56. The van der Waals surface area contributed by atoms with E-state index in [0.29, 0.717) is 15.8 Å². The van der Waals surface area contributed by atoms with Gasteiger partial charge in [0.15, 0.2) is 5.13 Å². The van der Waals surface area contributed by atoms with Crippen LogP contribution in [0.5, 0.6) is 0 Å². The molecule has 1 amide bonds. The molecule has 0 aliphatic heterocycles. The second-order valence-corrected chi connectivity index (χ2v) is 5.91. The summed E-state index contributed by atoms with van der Waals surface area (Å²) >= 11 is 1.30. The molecule has 1 aromatic rings. The van der Waals surface area contributed by atoms with E-state index < -0.39 is 0 Å². The number of rotatable bonds is 3. The van der Waals surface area contributed by atoms with Crippen molar-refractivity contribution in [3.8, 4) is 0 Å². The maximum atomic E-state index is 12.1. The molecule has 4 N–H and O–H groups in total. The molecule has 0 radical (unpaired) electrons. The van der Waals surface area contributed by atoms with Gasteiger partial charge in [-0.3, -0.25) is 4.79 Å². The average molecular weight is 268 g/mol. The highest BCUT2D eigenvalue weighted by atomic mass is 32.1. The van der Waals surface area contributed by atoms with Gasteiger partial charge in [0.05, 0.1) is 0 Å². The van der Waals surface area contributed by atoms with Crippen LogP contribution < -0.4 is 16.4 Å². The Kier molecular flexibility index (Phi) is 4.06. The predicted molar refractivity (Wildman–Crippen MR) is 75.0 cm³/mol. The lowest BCUT2D eigenvalue weighted by Gasteiger charge is -2.26. The Labute approximate surface area is 111 Å². The Morgan fingerprint density at radius 1 is 1.39 bits per heavy atom. The van der Waals surface area contributed by atoms with Crippen molar-refractivity contribution in [2.24, 2.45) is 5.92 Å². The van der Waals surface area contributed by atoms with Crippen molar-refractivity contribution in [2.45, 2.75) is 38.6 Å². The van der Waals surface area contributed by atoms with Crippen LogP contribution in [0.3, 0.4) is 0 Å². The van der Waals surface area contributed by atoms with Crippen LogP contribution in [0, 0.1) is 5.92 Å². The molecule has 1 aromatic heterocycles. The van der Waals surface area contributed by atoms with E-state index in [9.17, 15) is 4.79 Å². The highest BCUT2D eigenvalue weighted by molar-refractivity contribution is 7.18. The van der Waals surface area contributed by atoms with Crippen LogP contribution >= 0.6 is 11.3 Å². The minimum absolute atomic E-state index is 0.0916. The summed E-state index contributed by atoms with van der Waals surface area (Å²) in [7, 11) is 1.77. The minimum Gasteiger partial charge on any atom is -0.382 e. The Morgan fingerprint density at radius 3 is 2.61 bits per heavy atom. The molecule has 0 aromatic carbocycles. The van der Waals surface area contributed by atoms with Gasteiger partial charge in [-0.25, -0.2) is 4.98 Å². The molecule has 0 unspecified atom stereocenters. The summed E-state index contributed by atoms with van der Waals surface area (Å²) in [6.07, 6.45) is 4.49. The zero-order chi connectivity index (χ0) is 13.1. The van der Waals surface area contributed by atoms with Gasteiger partial charge in [-0.2, -0.15) is 0 Å². The van der Waals surface area contributed by atoms with E-state index in [1.54, 1.807) is 7.05 Å². The van der Waals surface area contributed by atoms with Crippen molar-refractivity contribution < 1.29 is 4.79 Å². The molecule has 1 aliphatic rings. The fourth-order valence-corrected chi connectivity index (χ4v) is 3.00. The summed E-state index contributed by atoms with van der Waals surface area (Å²) in [6.45, 7) is 2.26. The van der Waals surface area contributed by atoms with Crippen molar-refractivity contribution in [3.05, 3.63) is 4.88 Å². The first kappa shape index (κ1) is 13.1. The topological polar surface area (TPSA) is 80.0 Å². The lowest BCUT2D eigenvalue weighted by molar-refractivity contribution is 0.0928. The number of nitrogen functional groups attached to an aromatic ring is 1. The largest absolute Gasteiger partial charge is 0.382 e. The quantitative estimate of drug-likeness (QED) is 0.784. The van der Waals surface area contributed by atoms with E-state index in [1.165, 1.54) is 24.2 Å². The third kappa shape index (κ3) is 2.93. The third-order valence-electron chi connectivity index (χ3n) is 3.42. The molecule has 0 bridgehead atoms. The summed E-state index contributed by atoms with van der Waals surface area (Å²) in [6, 6.07) is 0.285. The molecule has 18 heavy (non-hydrogen) atoms. The highest BCUT2D eigenvalue weighted by Crippen LogP contribution is 2.26. The van der Waals surface area contributed by atoms with Crippen LogP contribution in [0.15, 0.2) is 0 Å². The van der Waals surface area contributed by atoms with E-state index in [1.807, 2.05) is 0 Å². The number of nitrogens with one attached hydrogen (secondary N) is 2. The van der Waals surface area contributed by atoms with E-state index in [0.717, 1.165) is 18.8 Å². The molecular formula is C12H20N4OS. The fraction of sp³-hybridized carbons (Fsp3) is 0.667. The molecule has 6 heteroatoms. The summed E-state index contributed by atoms with van der Waals surface area (Å²) in [5.41, 5.74) is 5.74. The molecule has 1 saturated carbocycles. The number of hydrogen-bond acceptors (Lipinski definition) is 5. The molecule has 1 aliphatic carbocycles. The normalized spacial score (nSPS) is 23.7. The van der Waals surface area contributed by atoms with Gasteiger partial charge in [-0.05, 0) is 31.6 Å². The smallest absolute Gasteiger partial charge is 0.265 e. The van der Waals surface area contributed by atoms with Gasteiger partial charge in [0.1, 0.15) is 10.7 Å². The number of nitrogens with zero attached hydrogens (tertiary/aromatic N) is 1. The number of anilines is 2. The van der Waals surface area contributed by atoms with Crippen LogP contribution in [0.1, 0.15) is 42.3 Å². The lowest BCUT2D eigenvalue weighted by Crippen LogP contribution is -2.37. The summed E-state index contributed by atoms with van der Waals surface area (Å²) < 4.78 is 0. The van der Waals surface area contributed by atoms with Gasteiger partial charge in [-0.15, -0.1) is 0 Å². The lowest BCUT2D eigenvalue weighted by atomic mass is 9.87. The average Bonchev–Trinajstić information content (AvgIpc) is 2.73. The van der Waals surface area contributed by atoms with Crippen LogP contribution in [-0.4, -0.2) is 24.0 Å². The van der Waals surface area contributed by atoms with Gasteiger partial charge >= 0.3 is 0 Å². The zero-order valence-electron chi connectivity index (χ0n) is 10.8. The van der Waals surface area contributed by atoms with Crippen molar-refractivity contribution in [1.82, 2.24) is 10.3 Å². The molecular weight excluding hydrogens is 248 g/mol. The zero-order valence-corrected chi connectivity index (χ0v) is 11.6. The third-order valence-corrected chi connectivity index (χ3v) is 4.51. The first-order chi connectivity index (χ1) is 8.60. The van der Waals surface area contributed by atoms with Crippen LogP contribution in [0.25, 0.3) is 0 Å². The maximum Gasteiger partial charge on any atom is 0.265 e. The Bertz CT molecular complexity index is 424. The number of carbonyl (C=O) groups is 1. The molecule has 1 heterocycles. The number of amides is 1. The number of thiazole rings is 1. The second-order valence-electron chi connectivity index (χ2n) is 4.91. The van der Waals surface area contributed by atoms with E-state index in [4.69, 9.17) is 5.73 Å². The van der Waals surface area contributed by atoms with E-state index >= 15 is 0 Å². The monoisotopic (exact) mass is 268 g/mol. The Morgan fingerprint density at radius 2 is 2.06 bits per heavy atom. The van der Waals surface area contributed by atoms with E-state index in [-0.39, 0.29) is 11.9 Å². The van der Waals surface area contributed by atoms with Crippen LogP contribution in [0.4, 0.5) is 10.9 Å². The van der Waals surface area contributed by atoms with Crippen molar-refractivity contribution in [1.29, 1.82) is 0 Å². The minimum atomic E-state index is -0.0916. The van der Waals surface area contributed by atoms with Crippen LogP contribution in [0.2, 0.25) is 0 Å². The summed E-state index contributed by atoms with van der Waals surface area (Å²) in [4.78, 5) is 16.7. The van der Waals surface area contributed by atoms with Gasteiger partial charge in [0, 0.05) is 13.1 Å². The number of carbonyl (C=O) groups excluding carboxylic acids is 1.